The molecule has 0 amide bonds. The summed E-state index contributed by atoms with van der Waals surface area (Å²) < 4.78 is 22.2. The average Bonchev–Trinajstić information content (AvgIpc) is 3.18. The Morgan fingerprint density at radius 3 is 2.50 bits per heavy atom. The largest absolute Gasteiger partial charge is 0.466 e. The van der Waals surface area contributed by atoms with Crippen molar-refractivity contribution in [2.24, 2.45) is 28.6 Å². The van der Waals surface area contributed by atoms with Crippen LogP contribution in [0.15, 0.2) is 11.3 Å². The molecule has 0 aromatic heterocycles. The first kappa shape index (κ1) is 27.6. The zero-order chi connectivity index (χ0) is 25.8. The molecule has 0 unspecified atom stereocenters. The molecule has 6 atom stereocenters. The first-order chi connectivity index (χ1) is 17.3. The van der Waals surface area contributed by atoms with Crippen molar-refractivity contribution in [1.29, 1.82) is 0 Å². The molecule has 6 nitrogen and oxygen atoms in total. The lowest BCUT2D eigenvalue weighted by Crippen LogP contribution is -2.50. The number of rotatable bonds is 12. The van der Waals surface area contributed by atoms with Crippen LogP contribution in [0.25, 0.3) is 0 Å². The number of methoxy groups -OCH3 is 1. The second kappa shape index (κ2) is 12.0. The van der Waals surface area contributed by atoms with Crippen molar-refractivity contribution in [3.63, 3.8) is 0 Å². The van der Waals surface area contributed by atoms with Crippen LogP contribution in [0.1, 0.15) is 111 Å². The van der Waals surface area contributed by atoms with Gasteiger partial charge in [-0.25, -0.2) is 0 Å². The molecule has 6 heteroatoms. The third-order valence-corrected chi connectivity index (χ3v) is 10.2. The number of hydrogen-bond acceptors (Lipinski definition) is 6. The Morgan fingerprint density at radius 1 is 1.00 bits per heavy atom. The fourth-order valence-corrected chi connectivity index (χ4v) is 7.93. The van der Waals surface area contributed by atoms with E-state index in [0.29, 0.717) is 12.5 Å². The first-order valence-corrected chi connectivity index (χ1v) is 14.5. The molecule has 0 N–H and O–H groups in total. The fourth-order valence-electron chi connectivity index (χ4n) is 7.93. The van der Waals surface area contributed by atoms with Gasteiger partial charge in [0.25, 0.3) is 0 Å². The zero-order valence-electron chi connectivity index (χ0n) is 23.1. The zero-order valence-corrected chi connectivity index (χ0v) is 23.1. The van der Waals surface area contributed by atoms with Gasteiger partial charge in [0.05, 0.1) is 18.6 Å². The summed E-state index contributed by atoms with van der Waals surface area (Å²) in [6, 6.07) is 0. The molecule has 4 aliphatic rings. The van der Waals surface area contributed by atoms with E-state index in [9.17, 15) is 9.59 Å². The van der Waals surface area contributed by atoms with E-state index in [1.165, 1.54) is 57.4 Å². The molecule has 1 heterocycles. The predicted molar refractivity (Wildman–Crippen MR) is 138 cm³/mol. The third-order valence-electron chi connectivity index (χ3n) is 10.2. The Labute approximate surface area is 217 Å². The van der Waals surface area contributed by atoms with Crippen LogP contribution in [0, 0.1) is 28.6 Å². The van der Waals surface area contributed by atoms with E-state index in [0.717, 1.165) is 56.6 Å². The van der Waals surface area contributed by atoms with Gasteiger partial charge in [0.2, 0.25) is 0 Å². The molecule has 0 bridgehead atoms. The molecule has 204 valence electrons. The maximum Gasteiger partial charge on any atom is 0.315 e. The molecule has 2 saturated carbocycles. The minimum Gasteiger partial charge on any atom is -0.466 e. The van der Waals surface area contributed by atoms with Crippen LogP contribution in [0.4, 0.5) is 0 Å². The molecule has 4 rings (SSSR count). The summed E-state index contributed by atoms with van der Waals surface area (Å²) in [5, 5.41) is 0. The monoisotopic (exact) mass is 504 g/mol. The lowest BCUT2D eigenvalue weighted by Gasteiger charge is -2.53. The van der Waals surface area contributed by atoms with Gasteiger partial charge in [-0.2, -0.15) is 0 Å². The molecule has 0 radical (unpaired) electrons. The first-order valence-electron chi connectivity index (χ1n) is 14.5. The summed E-state index contributed by atoms with van der Waals surface area (Å²) in [4.78, 5) is 24.1. The van der Waals surface area contributed by atoms with Crippen molar-refractivity contribution < 1.29 is 28.5 Å². The van der Waals surface area contributed by atoms with E-state index in [4.69, 9.17) is 18.9 Å². The van der Waals surface area contributed by atoms with Gasteiger partial charge in [-0.15, -0.1) is 0 Å². The second-order valence-corrected chi connectivity index (χ2v) is 12.3. The van der Waals surface area contributed by atoms with Gasteiger partial charge in [-0.3, -0.25) is 9.59 Å². The van der Waals surface area contributed by atoms with Crippen LogP contribution in [0.5, 0.6) is 0 Å². The van der Waals surface area contributed by atoms with Gasteiger partial charge < -0.3 is 18.9 Å². The number of carbonyl (C=O) groups is 2. The van der Waals surface area contributed by atoms with E-state index in [2.05, 4.69) is 13.8 Å². The summed E-state index contributed by atoms with van der Waals surface area (Å²) in [7, 11) is 1.64. The molecule has 3 aliphatic carbocycles. The number of esters is 2. The van der Waals surface area contributed by atoms with E-state index in [1.54, 1.807) is 7.11 Å². The molecule has 1 aliphatic heterocycles. The lowest BCUT2D eigenvalue weighted by molar-refractivity contribution is -0.164. The molecular formula is C30H48O6. The van der Waals surface area contributed by atoms with Crippen LogP contribution >= 0.6 is 0 Å². The maximum atomic E-state index is 13.3. The highest BCUT2D eigenvalue weighted by Crippen LogP contribution is 2.64. The lowest BCUT2D eigenvalue weighted by atomic mass is 9.55. The van der Waals surface area contributed by atoms with Gasteiger partial charge in [-0.1, -0.05) is 46.0 Å². The van der Waals surface area contributed by atoms with Crippen LogP contribution in [0.3, 0.4) is 0 Å². The maximum absolute atomic E-state index is 13.3. The molecule has 2 fully saturated rings. The van der Waals surface area contributed by atoms with E-state index >= 15 is 0 Å². The highest BCUT2D eigenvalue weighted by atomic mass is 16.7. The predicted octanol–water partition coefficient (Wildman–Crippen LogP) is 6.71. The standard InChI is InChI=1S/C30H48O6/c1-21(31)34-18-10-8-6-5-7-9-11-22-12-13-24-27-25(15-17-29(22,24)2)30(3)16-14-23(35-20-33-4)19-26(30)28(32)36-27/h22-24,26H,5-20H2,1-4H3/t22-,23+,24+,26-,29-,30-/m1/s1. The third kappa shape index (κ3) is 5.70. The molecule has 36 heavy (non-hydrogen) atoms. The summed E-state index contributed by atoms with van der Waals surface area (Å²) >= 11 is 0. The van der Waals surface area contributed by atoms with Gasteiger partial charge >= 0.3 is 11.9 Å². The van der Waals surface area contributed by atoms with E-state index < -0.39 is 0 Å². The van der Waals surface area contributed by atoms with Crippen molar-refractivity contribution in [2.45, 2.75) is 117 Å². The van der Waals surface area contributed by atoms with E-state index in [-0.39, 0.29) is 41.6 Å². The van der Waals surface area contributed by atoms with Crippen LogP contribution < -0.4 is 0 Å². The Morgan fingerprint density at radius 2 is 1.75 bits per heavy atom. The Kier molecular flexibility index (Phi) is 9.19. The average molecular weight is 505 g/mol. The summed E-state index contributed by atoms with van der Waals surface area (Å²) in [5.74, 6) is 1.89. The summed E-state index contributed by atoms with van der Waals surface area (Å²) in [6.45, 7) is 7.11. The van der Waals surface area contributed by atoms with E-state index in [1.807, 2.05) is 0 Å². The van der Waals surface area contributed by atoms with Crippen molar-refractivity contribution in [3.8, 4) is 0 Å². The number of ether oxygens (including phenoxy) is 4. The highest BCUT2D eigenvalue weighted by Gasteiger charge is 2.58. The Bertz CT molecular complexity index is 820. The van der Waals surface area contributed by atoms with Crippen LogP contribution in [-0.2, 0) is 28.5 Å². The quantitative estimate of drug-likeness (QED) is 0.167. The van der Waals surface area contributed by atoms with Crippen LogP contribution in [0.2, 0.25) is 0 Å². The number of unbranched alkanes of at least 4 members (excludes halogenated alkanes) is 5. The van der Waals surface area contributed by atoms with Crippen molar-refractivity contribution in [3.05, 3.63) is 11.3 Å². The van der Waals surface area contributed by atoms with Crippen molar-refractivity contribution in [1.82, 2.24) is 0 Å². The Hall–Kier alpha value is -1.40. The van der Waals surface area contributed by atoms with Crippen molar-refractivity contribution >= 4 is 11.9 Å². The van der Waals surface area contributed by atoms with Crippen molar-refractivity contribution in [2.75, 3.05) is 20.5 Å². The van der Waals surface area contributed by atoms with Gasteiger partial charge in [-0.05, 0) is 74.7 Å². The highest BCUT2D eigenvalue weighted by molar-refractivity contribution is 5.77. The fraction of sp³-hybridized carbons (Fsp3) is 0.867. The SMILES string of the molecule is COCO[C@H]1CC[C@]2(C)C3=C(OC(=O)[C@H]2C1)[C@@H]1CC[C@@H](CCCCCCCCOC(C)=O)[C@@]1(C)CC3. The minimum atomic E-state index is -0.180. The molecular weight excluding hydrogens is 456 g/mol. The number of carbonyl (C=O) groups excluding carboxylic acids is 2. The Balaban J connectivity index is 1.30. The summed E-state index contributed by atoms with van der Waals surface area (Å²) in [5.41, 5.74) is 1.63. The normalized spacial score (nSPS) is 35.6. The number of allylic oxidation sites excluding steroid dienone is 2. The second-order valence-electron chi connectivity index (χ2n) is 12.3. The minimum absolute atomic E-state index is 0.0247. The molecule has 0 saturated heterocycles. The molecule has 0 aromatic rings. The number of hydrogen-bond donors (Lipinski definition) is 0. The summed E-state index contributed by atoms with van der Waals surface area (Å²) in [6.07, 6.45) is 15.9. The number of fused-ring (bicyclic) bond motifs is 4. The van der Waals surface area contributed by atoms with Gasteiger partial charge in [0.1, 0.15) is 12.6 Å². The topological polar surface area (TPSA) is 71.1 Å². The molecule has 0 aromatic carbocycles. The van der Waals surface area contributed by atoms with Gasteiger partial charge in [0, 0.05) is 25.4 Å². The smallest absolute Gasteiger partial charge is 0.315 e. The van der Waals surface area contributed by atoms with Gasteiger partial charge in [0.15, 0.2) is 0 Å². The van der Waals surface area contributed by atoms with Crippen LogP contribution in [-0.4, -0.2) is 38.6 Å². The molecule has 0 spiro atoms.